The summed E-state index contributed by atoms with van der Waals surface area (Å²) in [5, 5.41) is 17.9. The predicted octanol–water partition coefficient (Wildman–Crippen LogP) is 3.96. The Morgan fingerprint density at radius 2 is 1.76 bits per heavy atom. The van der Waals surface area contributed by atoms with E-state index in [9.17, 15) is 9.59 Å². The van der Waals surface area contributed by atoms with E-state index in [2.05, 4.69) is 15.8 Å². The molecule has 0 radical (unpaired) electrons. The van der Waals surface area contributed by atoms with Crippen molar-refractivity contribution in [2.24, 2.45) is 0 Å². The van der Waals surface area contributed by atoms with Crippen molar-refractivity contribution >= 4 is 23.6 Å². The van der Waals surface area contributed by atoms with Crippen molar-refractivity contribution in [2.45, 2.75) is 19.3 Å². The smallest absolute Gasteiger partial charge is 0.404 e. The third-order valence-corrected chi connectivity index (χ3v) is 4.36. The lowest BCUT2D eigenvalue weighted by atomic mass is 10.0. The van der Waals surface area contributed by atoms with Crippen molar-refractivity contribution in [1.82, 2.24) is 15.8 Å². The number of furan rings is 1. The lowest BCUT2D eigenvalue weighted by Crippen LogP contribution is -2.27. The van der Waals surface area contributed by atoms with Crippen LogP contribution in [-0.2, 0) is 11.2 Å². The largest absolute Gasteiger partial charge is 0.465 e. The highest BCUT2D eigenvalue weighted by Crippen LogP contribution is 2.36. The van der Waals surface area contributed by atoms with Crippen LogP contribution in [0.5, 0.6) is 0 Å². The van der Waals surface area contributed by atoms with E-state index in [4.69, 9.17) is 25.6 Å². The minimum absolute atomic E-state index is 0.0129. The number of amides is 2. The first-order valence-corrected chi connectivity index (χ1v) is 9.45. The molecule has 3 N–H and O–H groups in total. The summed E-state index contributed by atoms with van der Waals surface area (Å²) in [6.45, 7) is 0.788. The molecule has 0 bridgehead atoms. The highest BCUT2D eigenvalue weighted by Gasteiger charge is 2.23. The van der Waals surface area contributed by atoms with Gasteiger partial charge < -0.3 is 24.7 Å². The molecular weight excluding hydrogens is 398 g/mol. The van der Waals surface area contributed by atoms with Gasteiger partial charge in [-0.15, -0.1) is 0 Å². The van der Waals surface area contributed by atoms with Crippen molar-refractivity contribution in [3.8, 4) is 22.6 Å². The van der Waals surface area contributed by atoms with Crippen molar-refractivity contribution in [2.75, 3.05) is 13.1 Å². The van der Waals surface area contributed by atoms with Crippen LogP contribution in [0, 0.1) is 0 Å². The molecule has 0 unspecified atom stereocenters. The Kier molecular flexibility index (Phi) is 6.91. The van der Waals surface area contributed by atoms with Crippen molar-refractivity contribution in [3.05, 3.63) is 53.4 Å². The van der Waals surface area contributed by atoms with Crippen molar-refractivity contribution in [3.63, 3.8) is 0 Å². The molecule has 0 saturated heterocycles. The molecule has 3 rings (SSSR count). The number of carbonyl (C=O) groups is 2. The van der Waals surface area contributed by atoms with Crippen LogP contribution in [0.3, 0.4) is 0 Å². The highest BCUT2D eigenvalue weighted by atomic mass is 35.5. The van der Waals surface area contributed by atoms with E-state index in [0.717, 1.165) is 5.56 Å². The molecule has 2 amide bonds. The van der Waals surface area contributed by atoms with Gasteiger partial charge in [0, 0.05) is 13.1 Å². The Bertz CT molecular complexity index is 968. The molecule has 3 aromatic rings. The number of unbranched alkanes of at least 4 members (excludes halogenated alkanes) is 1. The summed E-state index contributed by atoms with van der Waals surface area (Å²) in [5.41, 5.74) is 2.00. The van der Waals surface area contributed by atoms with Crippen LogP contribution in [0.2, 0.25) is 5.22 Å². The molecule has 2 aromatic heterocycles. The Hall–Kier alpha value is -3.26. The molecule has 0 spiro atoms. The second-order valence-corrected chi connectivity index (χ2v) is 6.64. The molecule has 0 aliphatic rings. The van der Waals surface area contributed by atoms with Crippen LogP contribution in [-0.4, -0.2) is 35.4 Å². The summed E-state index contributed by atoms with van der Waals surface area (Å²) in [6.07, 6.45) is 0.248. The Morgan fingerprint density at radius 3 is 2.41 bits per heavy atom. The topological polar surface area (TPSA) is 118 Å². The van der Waals surface area contributed by atoms with Gasteiger partial charge in [0.2, 0.25) is 5.91 Å². The summed E-state index contributed by atoms with van der Waals surface area (Å²) in [7, 11) is 0. The summed E-state index contributed by atoms with van der Waals surface area (Å²) < 4.78 is 10.9. The van der Waals surface area contributed by atoms with Gasteiger partial charge in [-0.05, 0) is 42.1 Å². The minimum atomic E-state index is -1.05. The lowest BCUT2D eigenvalue weighted by molar-refractivity contribution is -0.120. The van der Waals surface area contributed by atoms with E-state index in [1.54, 1.807) is 12.1 Å². The lowest BCUT2D eigenvalue weighted by Gasteiger charge is -2.06. The standard InChI is InChI=1S/C20H20ClN3O5/c21-16-9-8-14(28-16)19-18(13-6-2-1-3-7-13)15(29-24-19)12-17(25)22-10-4-5-11-23-20(26)27/h1-3,6-9,23H,4-5,10-12H2,(H,22,25)(H,26,27). The molecule has 8 nitrogen and oxygen atoms in total. The highest BCUT2D eigenvalue weighted by molar-refractivity contribution is 6.29. The first-order valence-electron chi connectivity index (χ1n) is 9.07. The van der Waals surface area contributed by atoms with Crippen LogP contribution >= 0.6 is 11.6 Å². The normalized spacial score (nSPS) is 10.7. The fraction of sp³-hybridized carbons (Fsp3) is 0.250. The second-order valence-electron chi connectivity index (χ2n) is 6.26. The Balaban J connectivity index is 1.68. The molecule has 0 saturated carbocycles. The van der Waals surface area contributed by atoms with Crippen molar-refractivity contribution < 1.29 is 23.6 Å². The molecule has 2 heterocycles. The zero-order chi connectivity index (χ0) is 20.6. The molecular formula is C20H20ClN3O5. The number of benzene rings is 1. The SMILES string of the molecule is O=C(O)NCCCCNC(=O)Cc1onc(-c2ccc(Cl)o2)c1-c1ccccc1. The van der Waals surface area contributed by atoms with E-state index in [0.29, 0.717) is 48.7 Å². The first-order chi connectivity index (χ1) is 14.0. The molecule has 29 heavy (non-hydrogen) atoms. The van der Waals surface area contributed by atoms with E-state index in [-0.39, 0.29) is 17.5 Å². The van der Waals surface area contributed by atoms with Gasteiger partial charge in [0.05, 0.1) is 12.0 Å². The van der Waals surface area contributed by atoms with E-state index >= 15 is 0 Å². The predicted molar refractivity (Wildman–Crippen MR) is 107 cm³/mol. The number of hydrogen-bond donors (Lipinski definition) is 3. The van der Waals surface area contributed by atoms with Gasteiger partial charge in [-0.3, -0.25) is 4.79 Å². The van der Waals surface area contributed by atoms with Gasteiger partial charge in [-0.1, -0.05) is 35.5 Å². The number of rotatable bonds is 9. The molecule has 0 aliphatic heterocycles. The van der Waals surface area contributed by atoms with Crippen LogP contribution in [0.4, 0.5) is 4.79 Å². The molecule has 152 valence electrons. The second kappa shape index (κ2) is 9.79. The van der Waals surface area contributed by atoms with Gasteiger partial charge in [-0.25, -0.2) is 4.79 Å². The number of halogens is 1. The van der Waals surface area contributed by atoms with Crippen molar-refractivity contribution in [1.29, 1.82) is 0 Å². The number of carbonyl (C=O) groups excluding carboxylic acids is 1. The average Bonchev–Trinajstić information content (AvgIpc) is 3.31. The molecule has 0 aliphatic carbocycles. The fourth-order valence-electron chi connectivity index (χ4n) is 2.84. The zero-order valence-corrected chi connectivity index (χ0v) is 16.2. The first kappa shape index (κ1) is 20.5. The maximum absolute atomic E-state index is 12.3. The monoisotopic (exact) mass is 417 g/mol. The molecule has 0 fully saturated rings. The number of hydrogen-bond acceptors (Lipinski definition) is 5. The number of aromatic nitrogens is 1. The quantitative estimate of drug-likeness (QED) is 0.453. The van der Waals surface area contributed by atoms with E-state index in [1.807, 2.05) is 30.3 Å². The minimum Gasteiger partial charge on any atom is -0.465 e. The maximum atomic E-state index is 12.3. The molecule has 9 heteroatoms. The summed E-state index contributed by atoms with van der Waals surface area (Å²) in [4.78, 5) is 22.7. The fourth-order valence-corrected chi connectivity index (χ4v) is 2.98. The van der Waals surface area contributed by atoms with Crippen LogP contribution in [0.15, 0.2) is 51.4 Å². The van der Waals surface area contributed by atoms with Gasteiger partial charge in [0.15, 0.2) is 22.4 Å². The van der Waals surface area contributed by atoms with Gasteiger partial charge in [-0.2, -0.15) is 0 Å². The molecule has 1 aromatic carbocycles. The van der Waals surface area contributed by atoms with E-state index in [1.165, 1.54) is 0 Å². The summed E-state index contributed by atoms with van der Waals surface area (Å²) >= 11 is 5.88. The number of nitrogens with zero attached hydrogens (tertiary/aromatic N) is 1. The van der Waals surface area contributed by atoms with Gasteiger partial charge >= 0.3 is 6.09 Å². The number of nitrogens with one attached hydrogen (secondary N) is 2. The zero-order valence-electron chi connectivity index (χ0n) is 15.5. The van der Waals surface area contributed by atoms with E-state index < -0.39 is 6.09 Å². The van der Waals surface area contributed by atoms with Crippen LogP contribution < -0.4 is 10.6 Å². The Morgan fingerprint density at radius 1 is 1.03 bits per heavy atom. The third-order valence-electron chi connectivity index (χ3n) is 4.15. The van der Waals surface area contributed by atoms with Gasteiger partial charge in [0.25, 0.3) is 0 Å². The summed E-state index contributed by atoms with van der Waals surface area (Å²) in [6, 6.07) is 12.8. The van der Waals surface area contributed by atoms with Gasteiger partial charge in [0.1, 0.15) is 0 Å². The number of carboxylic acid groups (broad SMARTS) is 1. The Labute approximate surface area is 171 Å². The molecule has 0 atom stereocenters. The summed E-state index contributed by atoms with van der Waals surface area (Å²) in [5.74, 6) is 0.660. The van der Waals surface area contributed by atoms with Crippen LogP contribution in [0.1, 0.15) is 18.6 Å². The van der Waals surface area contributed by atoms with Crippen LogP contribution in [0.25, 0.3) is 22.6 Å². The maximum Gasteiger partial charge on any atom is 0.404 e. The average molecular weight is 418 g/mol. The third kappa shape index (κ3) is 5.61.